The number of hydrogen-bond acceptors (Lipinski definition) is 5. The van der Waals surface area contributed by atoms with Gasteiger partial charge in [-0.15, -0.1) is 5.10 Å². The summed E-state index contributed by atoms with van der Waals surface area (Å²) in [5, 5.41) is 18.9. The van der Waals surface area contributed by atoms with Crippen LogP contribution in [0.1, 0.15) is 25.5 Å². The van der Waals surface area contributed by atoms with Crippen molar-refractivity contribution in [2.45, 2.75) is 38.9 Å². The molecule has 0 fully saturated rings. The van der Waals surface area contributed by atoms with Crippen LogP contribution < -0.4 is 11.1 Å². The lowest BCUT2D eigenvalue weighted by atomic mass is 10.2. The number of nitrogens with one attached hydrogen (secondary N) is 1. The number of nitrogens with two attached hydrogens (primary N) is 1. The van der Waals surface area contributed by atoms with Crippen molar-refractivity contribution in [3.8, 4) is 6.07 Å². The van der Waals surface area contributed by atoms with Crippen LogP contribution in [0.25, 0.3) is 0 Å². The number of aromatic nitrogens is 3. The monoisotopic (exact) mass is 236 g/mol. The normalized spacial score (nSPS) is 11.8. The lowest BCUT2D eigenvalue weighted by Gasteiger charge is -2.12. The number of amides is 1. The third-order valence-electron chi connectivity index (χ3n) is 2.30. The summed E-state index contributed by atoms with van der Waals surface area (Å²) in [7, 11) is 0. The van der Waals surface area contributed by atoms with Crippen LogP contribution in [0, 0.1) is 11.3 Å². The number of carbonyl (C=O) groups excluding carboxylic acids is 1. The van der Waals surface area contributed by atoms with Crippen molar-refractivity contribution in [3.63, 3.8) is 0 Å². The second-order valence-electron chi connectivity index (χ2n) is 3.65. The van der Waals surface area contributed by atoms with Gasteiger partial charge in [0.05, 0.1) is 24.4 Å². The minimum absolute atomic E-state index is 0.0922. The van der Waals surface area contributed by atoms with Gasteiger partial charge in [-0.2, -0.15) is 5.26 Å². The third kappa shape index (κ3) is 4.20. The molecular formula is C10H16N6O. The Hall–Kier alpha value is -1.94. The molecular weight excluding hydrogens is 220 g/mol. The molecule has 0 aliphatic heterocycles. The zero-order chi connectivity index (χ0) is 12.7. The Morgan fingerprint density at radius 1 is 1.76 bits per heavy atom. The summed E-state index contributed by atoms with van der Waals surface area (Å²) >= 11 is 0. The Kier molecular flexibility index (Phi) is 5.10. The Morgan fingerprint density at radius 3 is 3.06 bits per heavy atom. The van der Waals surface area contributed by atoms with E-state index >= 15 is 0 Å². The maximum absolute atomic E-state index is 11.6. The summed E-state index contributed by atoms with van der Waals surface area (Å²) < 4.78 is 1.43. The fraction of sp³-hybridized carbons (Fsp3) is 0.600. The molecule has 0 radical (unpaired) electrons. The van der Waals surface area contributed by atoms with Crippen molar-refractivity contribution in [3.05, 3.63) is 11.9 Å². The van der Waals surface area contributed by atoms with Crippen molar-refractivity contribution < 1.29 is 4.79 Å². The van der Waals surface area contributed by atoms with E-state index in [1.165, 1.54) is 4.68 Å². The van der Waals surface area contributed by atoms with E-state index < -0.39 is 0 Å². The van der Waals surface area contributed by atoms with Crippen LogP contribution in [0.4, 0.5) is 0 Å². The van der Waals surface area contributed by atoms with Gasteiger partial charge in [0, 0.05) is 12.6 Å². The highest BCUT2D eigenvalue weighted by Gasteiger charge is 2.11. The quantitative estimate of drug-likeness (QED) is 0.694. The highest BCUT2D eigenvalue weighted by atomic mass is 16.2. The van der Waals surface area contributed by atoms with Gasteiger partial charge in [-0.3, -0.25) is 4.79 Å². The molecule has 0 aliphatic rings. The van der Waals surface area contributed by atoms with Gasteiger partial charge in [0.25, 0.3) is 0 Å². The summed E-state index contributed by atoms with van der Waals surface area (Å²) in [6, 6.07) is 1.93. The van der Waals surface area contributed by atoms with E-state index in [4.69, 9.17) is 11.0 Å². The van der Waals surface area contributed by atoms with Crippen LogP contribution in [0.5, 0.6) is 0 Å². The number of hydrogen-bond donors (Lipinski definition) is 2. The first kappa shape index (κ1) is 13.1. The van der Waals surface area contributed by atoms with Crippen LogP contribution in [0.15, 0.2) is 6.20 Å². The zero-order valence-corrected chi connectivity index (χ0v) is 9.76. The molecule has 1 unspecified atom stereocenters. The number of rotatable bonds is 6. The first-order valence-electron chi connectivity index (χ1n) is 5.45. The van der Waals surface area contributed by atoms with Crippen LogP contribution in [-0.4, -0.2) is 26.9 Å². The second-order valence-corrected chi connectivity index (χ2v) is 3.65. The van der Waals surface area contributed by atoms with Crippen LogP contribution in [0.2, 0.25) is 0 Å². The molecule has 7 heteroatoms. The molecule has 1 atom stereocenters. The van der Waals surface area contributed by atoms with E-state index in [0.717, 1.165) is 6.42 Å². The second kappa shape index (κ2) is 6.60. The van der Waals surface area contributed by atoms with Crippen LogP contribution >= 0.6 is 0 Å². The van der Waals surface area contributed by atoms with Crippen molar-refractivity contribution in [2.75, 3.05) is 0 Å². The molecule has 1 heterocycles. The molecule has 17 heavy (non-hydrogen) atoms. The Balaban J connectivity index is 2.46. The standard InChI is InChI=1S/C10H16N6O/c1-2-8(3-4-11)13-10(17)7-16-6-9(5-12)14-15-16/h6,8H,2-3,5,7,12H2,1H3,(H,13,17). The summed E-state index contributed by atoms with van der Waals surface area (Å²) in [5.74, 6) is -0.180. The number of nitriles is 1. The lowest BCUT2D eigenvalue weighted by molar-refractivity contribution is -0.122. The molecule has 3 N–H and O–H groups in total. The van der Waals surface area contributed by atoms with Gasteiger partial charge in [0.1, 0.15) is 6.54 Å². The largest absolute Gasteiger partial charge is 0.351 e. The van der Waals surface area contributed by atoms with Crippen molar-refractivity contribution >= 4 is 5.91 Å². The fourth-order valence-electron chi connectivity index (χ4n) is 1.34. The molecule has 0 saturated carbocycles. The van der Waals surface area contributed by atoms with Crippen molar-refractivity contribution in [1.82, 2.24) is 20.3 Å². The van der Waals surface area contributed by atoms with Crippen LogP contribution in [0.3, 0.4) is 0 Å². The predicted molar refractivity (Wildman–Crippen MR) is 60.4 cm³/mol. The first-order valence-corrected chi connectivity index (χ1v) is 5.45. The minimum atomic E-state index is -0.180. The van der Waals surface area contributed by atoms with E-state index in [1.807, 2.05) is 13.0 Å². The predicted octanol–water partition coefficient (Wildman–Crippen LogP) is -0.455. The summed E-state index contributed by atoms with van der Waals surface area (Å²) in [5.41, 5.74) is 6.02. The molecule has 0 aromatic carbocycles. The van der Waals surface area contributed by atoms with Gasteiger partial charge >= 0.3 is 0 Å². The number of nitrogens with zero attached hydrogens (tertiary/aromatic N) is 4. The molecule has 92 valence electrons. The highest BCUT2D eigenvalue weighted by molar-refractivity contribution is 5.75. The molecule has 1 aromatic rings. The molecule has 1 aromatic heterocycles. The van der Waals surface area contributed by atoms with Crippen molar-refractivity contribution in [1.29, 1.82) is 5.26 Å². The molecule has 0 bridgehead atoms. The SMILES string of the molecule is CCC(CC#N)NC(=O)Cn1cc(CN)nn1. The van der Waals surface area contributed by atoms with Crippen LogP contribution in [-0.2, 0) is 17.9 Å². The average molecular weight is 236 g/mol. The van der Waals surface area contributed by atoms with Gasteiger partial charge in [-0.05, 0) is 6.42 Å². The van der Waals surface area contributed by atoms with E-state index in [-0.39, 0.29) is 18.5 Å². The van der Waals surface area contributed by atoms with Gasteiger partial charge in [-0.25, -0.2) is 4.68 Å². The molecule has 0 saturated heterocycles. The van der Waals surface area contributed by atoms with E-state index in [0.29, 0.717) is 18.7 Å². The zero-order valence-electron chi connectivity index (χ0n) is 9.76. The van der Waals surface area contributed by atoms with Crippen molar-refractivity contribution in [2.24, 2.45) is 5.73 Å². The Bertz CT molecular complexity index is 407. The third-order valence-corrected chi connectivity index (χ3v) is 2.30. The summed E-state index contributed by atoms with van der Waals surface area (Å²) in [6.45, 7) is 2.31. The smallest absolute Gasteiger partial charge is 0.242 e. The van der Waals surface area contributed by atoms with Gasteiger partial charge < -0.3 is 11.1 Å². The van der Waals surface area contributed by atoms with Gasteiger partial charge in [0.15, 0.2) is 0 Å². The van der Waals surface area contributed by atoms with E-state index in [1.54, 1.807) is 6.20 Å². The van der Waals surface area contributed by atoms with E-state index in [9.17, 15) is 4.79 Å². The summed E-state index contributed by atoms with van der Waals surface area (Å²) in [4.78, 5) is 11.6. The topological polar surface area (TPSA) is 110 Å². The fourth-order valence-corrected chi connectivity index (χ4v) is 1.34. The van der Waals surface area contributed by atoms with E-state index in [2.05, 4.69) is 15.6 Å². The average Bonchev–Trinajstić information content (AvgIpc) is 2.76. The maximum Gasteiger partial charge on any atom is 0.242 e. The first-order chi connectivity index (χ1) is 8.19. The van der Waals surface area contributed by atoms with Gasteiger partial charge in [-0.1, -0.05) is 12.1 Å². The molecule has 1 amide bonds. The Morgan fingerprint density at radius 2 is 2.53 bits per heavy atom. The Labute approximate surface area is 99.6 Å². The highest BCUT2D eigenvalue weighted by Crippen LogP contribution is 1.97. The molecule has 7 nitrogen and oxygen atoms in total. The summed E-state index contributed by atoms with van der Waals surface area (Å²) in [6.07, 6.45) is 2.67. The molecule has 0 aliphatic carbocycles. The lowest BCUT2D eigenvalue weighted by Crippen LogP contribution is -2.36. The van der Waals surface area contributed by atoms with Gasteiger partial charge in [0.2, 0.25) is 5.91 Å². The maximum atomic E-state index is 11.6. The molecule has 1 rings (SSSR count). The molecule has 0 spiro atoms. The minimum Gasteiger partial charge on any atom is -0.351 e. The number of carbonyl (C=O) groups is 1.